The number of nitrogens with one attached hydrogen (secondary N) is 1. The predicted molar refractivity (Wildman–Crippen MR) is 118 cm³/mol. The van der Waals surface area contributed by atoms with Crippen molar-refractivity contribution >= 4 is 5.91 Å². The molecule has 0 bridgehead atoms. The Bertz CT molecular complexity index is 809. The van der Waals surface area contributed by atoms with Crippen molar-refractivity contribution in [2.24, 2.45) is 0 Å². The number of rotatable bonds is 6. The molecule has 1 unspecified atom stereocenters. The van der Waals surface area contributed by atoms with Crippen LogP contribution in [0.2, 0.25) is 0 Å². The zero-order valence-corrected chi connectivity index (χ0v) is 17.6. The summed E-state index contributed by atoms with van der Waals surface area (Å²) < 4.78 is 0. The second kappa shape index (κ2) is 9.55. The highest BCUT2D eigenvalue weighted by Crippen LogP contribution is 2.34. The molecule has 1 N–H and O–H groups in total. The molecule has 29 heavy (non-hydrogen) atoms. The smallest absolute Gasteiger partial charge is 0.251 e. The van der Waals surface area contributed by atoms with E-state index in [-0.39, 0.29) is 5.91 Å². The van der Waals surface area contributed by atoms with Gasteiger partial charge < -0.3 is 10.2 Å². The highest BCUT2D eigenvalue weighted by molar-refractivity contribution is 5.94. The van der Waals surface area contributed by atoms with Crippen molar-refractivity contribution < 1.29 is 4.79 Å². The summed E-state index contributed by atoms with van der Waals surface area (Å²) in [6.07, 6.45) is 4.84. The molecule has 1 saturated heterocycles. The topological polar surface area (TPSA) is 35.6 Å². The third kappa shape index (κ3) is 5.06. The van der Waals surface area contributed by atoms with Crippen molar-refractivity contribution in [3.8, 4) is 0 Å². The Labute approximate surface area is 174 Å². The van der Waals surface area contributed by atoms with E-state index in [1.54, 1.807) is 11.1 Å². The predicted octanol–water partition coefficient (Wildman–Crippen LogP) is 3.81. The minimum absolute atomic E-state index is 0.0331. The molecule has 1 amide bonds. The standard InChI is InChI=1S/C25H33N3O/c1-20-10-12-22(13-11-20)25(29)26-14-5-15-27-16-18-28(19-17-27)24-9-4-7-21-6-2-3-8-23(21)24/h2-3,6,8,10-13,24H,4-5,7,9,14-19H2,1H3,(H,26,29). The van der Waals surface area contributed by atoms with E-state index in [9.17, 15) is 4.79 Å². The Morgan fingerprint density at radius 1 is 1.03 bits per heavy atom. The fourth-order valence-corrected chi connectivity index (χ4v) is 4.72. The monoisotopic (exact) mass is 391 g/mol. The van der Waals surface area contributed by atoms with Gasteiger partial charge in [0.15, 0.2) is 0 Å². The van der Waals surface area contributed by atoms with E-state index < -0.39 is 0 Å². The fourth-order valence-electron chi connectivity index (χ4n) is 4.72. The molecule has 0 saturated carbocycles. The summed E-state index contributed by atoms with van der Waals surface area (Å²) in [5, 5.41) is 3.05. The van der Waals surface area contributed by atoms with E-state index in [0.717, 1.165) is 51.3 Å². The molecule has 1 heterocycles. The lowest BCUT2D eigenvalue weighted by molar-refractivity contribution is 0.0861. The van der Waals surface area contributed by atoms with E-state index in [0.29, 0.717) is 6.04 Å². The number of carbonyl (C=O) groups excluding carboxylic acids is 1. The maximum Gasteiger partial charge on any atom is 0.251 e. The highest BCUT2D eigenvalue weighted by Gasteiger charge is 2.28. The number of benzene rings is 2. The third-order valence-corrected chi connectivity index (χ3v) is 6.44. The molecular weight excluding hydrogens is 358 g/mol. The highest BCUT2D eigenvalue weighted by atomic mass is 16.1. The molecule has 0 spiro atoms. The number of fused-ring (bicyclic) bond motifs is 1. The van der Waals surface area contributed by atoms with Crippen LogP contribution in [0, 0.1) is 6.92 Å². The van der Waals surface area contributed by atoms with Crippen LogP contribution < -0.4 is 5.32 Å². The lowest BCUT2D eigenvalue weighted by Gasteiger charge is -2.41. The van der Waals surface area contributed by atoms with Gasteiger partial charge in [-0.05, 0) is 62.4 Å². The molecule has 4 heteroatoms. The Morgan fingerprint density at radius 2 is 1.79 bits per heavy atom. The number of carbonyl (C=O) groups is 1. The van der Waals surface area contributed by atoms with E-state index >= 15 is 0 Å². The summed E-state index contributed by atoms with van der Waals surface area (Å²) in [4.78, 5) is 17.4. The van der Waals surface area contributed by atoms with E-state index in [1.807, 2.05) is 31.2 Å². The molecule has 2 aromatic rings. The van der Waals surface area contributed by atoms with Gasteiger partial charge in [0.1, 0.15) is 0 Å². The molecule has 2 aliphatic rings. The first kappa shape index (κ1) is 20.1. The quantitative estimate of drug-likeness (QED) is 0.761. The Hall–Kier alpha value is -2.17. The number of hydrogen-bond donors (Lipinski definition) is 1. The second-order valence-corrected chi connectivity index (χ2v) is 8.46. The molecule has 1 fully saturated rings. The van der Waals surface area contributed by atoms with Crippen molar-refractivity contribution in [2.45, 2.75) is 38.6 Å². The van der Waals surface area contributed by atoms with Crippen LogP contribution in [-0.4, -0.2) is 55.0 Å². The summed E-state index contributed by atoms with van der Waals surface area (Å²) in [5.41, 5.74) is 5.04. The zero-order chi connectivity index (χ0) is 20.1. The molecule has 1 aliphatic heterocycles. The second-order valence-electron chi connectivity index (χ2n) is 8.46. The van der Waals surface area contributed by atoms with Crippen LogP contribution in [0.5, 0.6) is 0 Å². The first-order valence-corrected chi connectivity index (χ1v) is 11.1. The van der Waals surface area contributed by atoms with Gasteiger partial charge in [-0.15, -0.1) is 0 Å². The van der Waals surface area contributed by atoms with Gasteiger partial charge >= 0.3 is 0 Å². The molecule has 0 radical (unpaired) electrons. The van der Waals surface area contributed by atoms with Crippen LogP contribution in [0.15, 0.2) is 48.5 Å². The molecule has 4 rings (SSSR count). The van der Waals surface area contributed by atoms with Crippen LogP contribution in [0.3, 0.4) is 0 Å². The van der Waals surface area contributed by atoms with E-state index in [4.69, 9.17) is 0 Å². The summed E-state index contributed by atoms with van der Waals surface area (Å²) in [6.45, 7) is 8.39. The number of aryl methyl sites for hydroxylation is 2. The van der Waals surface area contributed by atoms with Crippen molar-refractivity contribution in [3.63, 3.8) is 0 Å². The van der Waals surface area contributed by atoms with Crippen molar-refractivity contribution in [3.05, 3.63) is 70.8 Å². The molecular formula is C25H33N3O. The van der Waals surface area contributed by atoms with Gasteiger partial charge in [-0.2, -0.15) is 0 Å². The van der Waals surface area contributed by atoms with Gasteiger partial charge in [0.05, 0.1) is 0 Å². The maximum atomic E-state index is 12.2. The maximum absolute atomic E-state index is 12.2. The average molecular weight is 392 g/mol. The Kier molecular flexibility index (Phi) is 6.63. The molecule has 2 aromatic carbocycles. The van der Waals surface area contributed by atoms with E-state index in [1.165, 1.54) is 24.8 Å². The lowest BCUT2D eigenvalue weighted by atomic mass is 9.86. The normalized spacial score (nSPS) is 20.2. The molecule has 0 aromatic heterocycles. The fraction of sp³-hybridized carbons (Fsp3) is 0.480. The largest absolute Gasteiger partial charge is 0.352 e. The molecule has 4 nitrogen and oxygen atoms in total. The van der Waals surface area contributed by atoms with Crippen LogP contribution in [0.4, 0.5) is 0 Å². The van der Waals surface area contributed by atoms with Crippen LogP contribution in [0.25, 0.3) is 0 Å². The SMILES string of the molecule is Cc1ccc(C(=O)NCCCN2CCN(C3CCCc4ccccc43)CC2)cc1. The first-order chi connectivity index (χ1) is 14.2. The summed E-state index contributed by atoms with van der Waals surface area (Å²) >= 11 is 0. The average Bonchev–Trinajstić information content (AvgIpc) is 2.77. The van der Waals surface area contributed by atoms with E-state index in [2.05, 4.69) is 39.4 Å². The zero-order valence-electron chi connectivity index (χ0n) is 17.6. The number of hydrogen-bond acceptors (Lipinski definition) is 3. The van der Waals surface area contributed by atoms with Gasteiger partial charge in [0, 0.05) is 44.3 Å². The number of amides is 1. The molecule has 1 atom stereocenters. The summed E-state index contributed by atoms with van der Waals surface area (Å²) in [5.74, 6) is 0.0331. The van der Waals surface area contributed by atoms with Gasteiger partial charge in [0.2, 0.25) is 0 Å². The summed E-state index contributed by atoms with van der Waals surface area (Å²) in [7, 11) is 0. The van der Waals surface area contributed by atoms with Crippen molar-refractivity contribution in [1.82, 2.24) is 15.1 Å². The van der Waals surface area contributed by atoms with Crippen LogP contribution >= 0.6 is 0 Å². The molecule has 154 valence electrons. The molecule has 1 aliphatic carbocycles. The van der Waals surface area contributed by atoms with Gasteiger partial charge in [0.25, 0.3) is 5.91 Å². The van der Waals surface area contributed by atoms with Crippen molar-refractivity contribution in [1.29, 1.82) is 0 Å². The third-order valence-electron chi connectivity index (χ3n) is 6.44. The van der Waals surface area contributed by atoms with Gasteiger partial charge in [-0.25, -0.2) is 0 Å². The van der Waals surface area contributed by atoms with Gasteiger partial charge in [-0.3, -0.25) is 9.69 Å². The van der Waals surface area contributed by atoms with Crippen LogP contribution in [-0.2, 0) is 6.42 Å². The first-order valence-electron chi connectivity index (χ1n) is 11.1. The van der Waals surface area contributed by atoms with Crippen LogP contribution in [0.1, 0.15) is 52.4 Å². The number of nitrogens with zero attached hydrogens (tertiary/aromatic N) is 2. The number of piperazine rings is 1. The minimum atomic E-state index is 0.0331. The van der Waals surface area contributed by atoms with Gasteiger partial charge in [-0.1, -0.05) is 42.0 Å². The lowest BCUT2D eigenvalue weighted by Crippen LogP contribution is -2.48. The van der Waals surface area contributed by atoms with Crippen molar-refractivity contribution in [2.75, 3.05) is 39.3 Å². The summed E-state index contributed by atoms with van der Waals surface area (Å²) in [6, 6.07) is 17.4. The Morgan fingerprint density at radius 3 is 2.59 bits per heavy atom. The Balaban J connectivity index is 1.18. The minimum Gasteiger partial charge on any atom is -0.352 e.